The lowest BCUT2D eigenvalue weighted by Gasteiger charge is -2.10. The predicted molar refractivity (Wildman–Crippen MR) is 58.7 cm³/mol. The molecule has 1 aromatic heterocycles. The highest BCUT2D eigenvalue weighted by Gasteiger charge is 2.06. The summed E-state index contributed by atoms with van der Waals surface area (Å²) in [5.74, 6) is 0. The molecule has 2 rings (SSSR count). The average Bonchev–Trinajstić information content (AvgIpc) is 2.70. The van der Waals surface area contributed by atoms with E-state index < -0.39 is 0 Å². The zero-order valence-electron chi connectivity index (χ0n) is 8.67. The van der Waals surface area contributed by atoms with Crippen LogP contribution >= 0.6 is 0 Å². The largest absolute Gasteiger partial charge is 0.328 e. The lowest BCUT2D eigenvalue weighted by atomic mass is 10.1. The van der Waals surface area contributed by atoms with Gasteiger partial charge in [0.15, 0.2) is 0 Å². The summed E-state index contributed by atoms with van der Waals surface area (Å²) in [4.78, 5) is 0. The van der Waals surface area contributed by atoms with Crippen molar-refractivity contribution in [3.63, 3.8) is 0 Å². The molecule has 4 nitrogen and oxygen atoms in total. The zero-order chi connectivity index (χ0) is 10.7. The van der Waals surface area contributed by atoms with Crippen LogP contribution in [0.1, 0.15) is 12.5 Å². The van der Waals surface area contributed by atoms with Gasteiger partial charge in [0, 0.05) is 6.04 Å². The van der Waals surface area contributed by atoms with Crippen LogP contribution in [0.3, 0.4) is 0 Å². The van der Waals surface area contributed by atoms with E-state index in [0.717, 1.165) is 12.1 Å². The predicted octanol–water partition coefficient (Wildman–Crippen LogP) is 1.16. The normalized spacial score (nSPS) is 12.7. The molecule has 0 amide bonds. The Kier molecular flexibility index (Phi) is 2.78. The third-order valence-electron chi connectivity index (χ3n) is 2.20. The third-order valence-corrected chi connectivity index (χ3v) is 2.20. The summed E-state index contributed by atoms with van der Waals surface area (Å²) >= 11 is 0. The summed E-state index contributed by atoms with van der Waals surface area (Å²) < 4.78 is 1.76. The molecule has 2 N–H and O–H groups in total. The van der Waals surface area contributed by atoms with Crippen LogP contribution in [0.15, 0.2) is 36.7 Å². The Hall–Kier alpha value is -1.68. The first kappa shape index (κ1) is 9.86. The highest BCUT2D eigenvalue weighted by atomic mass is 15.4. The number of hydrogen-bond donors (Lipinski definition) is 1. The van der Waals surface area contributed by atoms with Crippen LogP contribution < -0.4 is 5.73 Å². The third kappa shape index (κ3) is 2.22. The number of nitrogens with two attached hydrogens (primary N) is 1. The molecule has 15 heavy (non-hydrogen) atoms. The van der Waals surface area contributed by atoms with Crippen molar-refractivity contribution in [1.29, 1.82) is 0 Å². The van der Waals surface area contributed by atoms with Crippen LogP contribution in [0.25, 0.3) is 5.69 Å². The molecule has 78 valence electrons. The number of nitrogens with zero attached hydrogens (tertiary/aromatic N) is 3. The molecule has 0 saturated carbocycles. The maximum atomic E-state index is 5.80. The van der Waals surface area contributed by atoms with Crippen molar-refractivity contribution in [3.8, 4) is 5.69 Å². The summed E-state index contributed by atoms with van der Waals surface area (Å²) in [6, 6.07) is 8.24. The summed E-state index contributed by atoms with van der Waals surface area (Å²) in [5.41, 5.74) is 8.04. The van der Waals surface area contributed by atoms with E-state index in [1.165, 1.54) is 5.56 Å². The number of benzene rings is 1. The standard InChI is InChI=1S/C11H14N4/c1-9(12)8-10-4-2-3-5-11(10)15-7-6-13-14-15/h2-7,9H,8,12H2,1H3. The molecule has 0 bridgehead atoms. The minimum Gasteiger partial charge on any atom is -0.328 e. The minimum absolute atomic E-state index is 0.148. The van der Waals surface area contributed by atoms with E-state index >= 15 is 0 Å². The Morgan fingerprint density at radius 2 is 2.20 bits per heavy atom. The number of hydrogen-bond acceptors (Lipinski definition) is 3. The van der Waals surface area contributed by atoms with Crippen molar-refractivity contribution in [2.24, 2.45) is 5.73 Å². The average molecular weight is 202 g/mol. The van der Waals surface area contributed by atoms with Gasteiger partial charge in [-0.05, 0) is 25.0 Å². The molecule has 0 saturated heterocycles. The smallest absolute Gasteiger partial charge is 0.0697 e. The molecule has 0 fully saturated rings. The van der Waals surface area contributed by atoms with E-state index in [1.54, 1.807) is 10.9 Å². The van der Waals surface area contributed by atoms with Crippen LogP contribution in [0.4, 0.5) is 0 Å². The number of para-hydroxylation sites is 1. The quantitative estimate of drug-likeness (QED) is 0.812. The Balaban J connectivity index is 2.38. The SMILES string of the molecule is CC(N)Cc1ccccc1-n1ccnn1. The lowest BCUT2D eigenvalue weighted by Crippen LogP contribution is -2.19. The highest BCUT2D eigenvalue weighted by molar-refractivity contribution is 5.40. The monoisotopic (exact) mass is 202 g/mol. The fraction of sp³-hybridized carbons (Fsp3) is 0.273. The maximum Gasteiger partial charge on any atom is 0.0697 e. The van der Waals surface area contributed by atoms with Gasteiger partial charge in [-0.15, -0.1) is 5.10 Å². The Morgan fingerprint density at radius 1 is 1.40 bits per heavy atom. The second kappa shape index (κ2) is 4.23. The lowest BCUT2D eigenvalue weighted by molar-refractivity contribution is 0.721. The first-order valence-electron chi connectivity index (χ1n) is 4.97. The van der Waals surface area contributed by atoms with Crippen LogP contribution in [-0.4, -0.2) is 21.0 Å². The van der Waals surface area contributed by atoms with Gasteiger partial charge >= 0.3 is 0 Å². The van der Waals surface area contributed by atoms with Gasteiger partial charge in [-0.1, -0.05) is 23.4 Å². The summed E-state index contributed by atoms with van der Waals surface area (Å²) in [7, 11) is 0. The van der Waals surface area contributed by atoms with Crippen LogP contribution in [0.2, 0.25) is 0 Å². The fourth-order valence-electron chi connectivity index (χ4n) is 1.59. The van der Waals surface area contributed by atoms with Crippen molar-refractivity contribution >= 4 is 0 Å². The van der Waals surface area contributed by atoms with Crippen molar-refractivity contribution in [3.05, 3.63) is 42.2 Å². The number of aromatic nitrogens is 3. The van der Waals surface area contributed by atoms with Crippen molar-refractivity contribution in [2.45, 2.75) is 19.4 Å². The molecule has 0 spiro atoms. The highest BCUT2D eigenvalue weighted by Crippen LogP contribution is 2.14. The summed E-state index contributed by atoms with van der Waals surface area (Å²) in [6.45, 7) is 2.00. The van der Waals surface area contributed by atoms with E-state index in [0.29, 0.717) is 0 Å². The van der Waals surface area contributed by atoms with Crippen LogP contribution in [0, 0.1) is 0 Å². The molecule has 0 aliphatic rings. The minimum atomic E-state index is 0.148. The Morgan fingerprint density at radius 3 is 2.87 bits per heavy atom. The molecule has 1 heterocycles. The second-order valence-electron chi connectivity index (χ2n) is 3.66. The summed E-state index contributed by atoms with van der Waals surface area (Å²) in [5, 5.41) is 7.78. The van der Waals surface area contributed by atoms with Crippen molar-refractivity contribution < 1.29 is 0 Å². The Bertz CT molecular complexity index is 420. The molecule has 1 atom stereocenters. The van der Waals surface area contributed by atoms with Crippen LogP contribution in [0.5, 0.6) is 0 Å². The van der Waals surface area contributed by atoms with Gasteiger partial charge in [0.05, 0.1) is 18.1 Å². The molecule has 0 aliphatic heterocycles. The van der Waals surface area contributed by atoms with Gasteiger partial charge in [-0.3, -0.25) is 0 Å². The topological polar surface area (TPSA) is 56.7 Å². The first-order valence-corrected chi connectivity index (χ1v) is 4.97. The maximum absolute atomic E-state index is 5.80. The molecular weight excluding hydrogens is 188 g/mol. The molecule has 2 aromatic rings. The van der Waals surface area contributed by atoms with Crippen LogP contribution in [-0.2, 0) is 6.42 Å². The number of rotatable bonds is 3. The molecular formula is C11H14N4. The molecule has 0 radical (unpaired) electrons. The van der Waals surface area contributed by atoms with Gasteiger partial charge in [0.2, 0.25) is 0 Å². The molecule has 1 unspecified atom stereocenters. The van der Waals surface area contributed by atoms with E-state index in [4.69, 9.17) is 5.73 Å². The molecule has 0 aliphatic carbocycles. The van der Waals surface area contributed by atoms with E-state index in [9.17, 15) is 0 Å². The van der Waals surface area contributed by atoms with Gasteiger partial charge in [-0.25, -0.2) is 4.68 Å². The zero-order valence-corrected chi connectivity index (χ0v) is 8.67. The summed E-state index contributed by atoms with van der Waals surface area (Å²) in [6.07, 6.45) is 4.35. The first-order chi connectivity index (χ1) is 7.27. The fourth-order valence-corrected chi connectivity index (χ4v) is 1.59. The molecule has 4 heteroatoms. The van der Waals surface area contributed by atoms with Gasteiger partial charge in [-0.2, -0.15) is 0 Å². The van der Waals surface area contributed by atoms with E-state index in [1.807, 2.05) is 31.3 Å². The van der Waals surface area contributed by atoms with E-state index in [-0.39, 0.29) is 6.04 Å². The van der Waals surface area contributed by atoms with Gasteiger partial charge < -0.3 is 5.73 Å². The second-order valence-corrected chi connectivity index (χ2v) is 3.66. The van der Waals surface area contributed by atoms with Gasteiger partial charge in [0.25, 0.3) is 0 Å². The van der Waals surface area contributed by atoms with E-state index in [2.05, 4.69) is 16.4 Å². The van der Waals surface area contributed by atoms with Crippen molar-refractivity contribution in [1.82, 2.24) is 15.0 Å². The van der Waals surface area contributed by atoms with Crippen molar-refractivity contribution in [2.75, 3.05) is 0 Å². The Labute approximate surface area is 88.7 Å². The molecule has 1 aromatic carbocycles. The van der Waals surface area contributed by atoms with Gasteiger partial charge in [0.1, 0.15) is 0 Å².